The lowest BCUT2D eigenvalue weighted by atomic mass is 10.3. The van der Waals surface area contributed by atoms with E-state index in [0.717, 1.165) is 22.5 Å². The first-order valence-corrected chi connectivity index (χ1v) is 9.08. The summed E-state index contributed by atoms with van der Waals surface area (Å²) in [6.07, 6.45) is 0. The van der Waals surface area contributed by atoms with Gasteiger partial charge in [0, 0.05) is 11.8 Å². The summed E-state index contributed by atoms with van der Waals surface area (Å²) in [5, 5.41) is 3.66. The minimum atomic E-state index is 0.142. The smallest absolute Gasteiger partial charge is 0.257 e. The quantitative estimate of drug-likeness (QED) is 0.484. The number of ether oxygens (including phenoxy) is 1. The lowest BCUT2D eigenvalue weighted by Crippen LogP contribution is -2.06. The molecule has 2 heterocycles. The van der Waals surface area contributed by atoms with Crippen LogP contribution >= 0.6 is 11.8 Å². The summed E-state index contributed by atoms with van der Waals surface area (Å²) in [7, 11) is 1.61. The molecule has 2 aromatic heterocycles. The Morgan fingerprint density at radius 3 is 2.81 bits per heavy atom. The zero-order valence-corrected chi connectivity index (χ0v) is 15.2. The SMILES string of the molecule is COc1cccc(Nc2nc(N)nc(CSc3nc4ccccc4o3)n2)c1. The molecule has 3 N–H and O–H groups in total. The molecule has 2 aromatic carbocycles. The highest BCUT2D eigenvalue weighted by atomic mass is 32.2. The second-order valence-corrected chi connectivity index (χ2v) is 6.45. The summed E-state index contributed by atoms with van der Waals surface area (Å²) in [6, 6.07) is 15.1. The predicted molar refractivity (Wildman–Crippen MR) is 104 cm³/mol. The van der Waals surface area contributed by atoms with Crippen LogP contribution in [-0.2, 0) is 5.75 Å². The molecule has 0 saturated heterocycles. The molecule has 0 aliphatic rings. The summed E-state index contributed by atoms with van der Waals surface area (Å²) in [5.74, 6) is 2.22. The predicted octanol–water partition coefficient (Wildman–Crippen LogP) is 3.64. The molecular weight excluding hydrogens is 364 g/mol. The number of nitrogens with zero attached hydrogens (tertiary/aromatic N) is 4. The maximum absolute atomic E-state index is 5.82. The molecule has 0 spiro atoms. The average Bonchev–Trinajstić information content (AvgIpc) is 3.09. The van der Waals surface area contributed by atoms with Gasteiger partial charge >= 0.3 is 0 Å². The first-order valence-electron chi connectivity index (χ1n) is 8.09. The van der Waals surface area contributed by atoms with Crippen LogP contribution in [0.1, 0.15) is 5.82 Å². The Labute approximate surface area is 159 Å². The van der Waals surface area contributed by atoms with Crippen molar-refractivity contribution in [3.63, 3.8) is 0 Å². The average molecular weight is 380 g/mol. The van der Waals surface area contributed by atoms with Gasteiger partial charge in [-0.05, 0) is 24.3 Å². The van der Waals surface area contributed by atoms with Gasteiger partial charge in [-0.1, -0.05) is 30.0 Å². The van der Waals surface area contributed by atoms with Gasteiger partial charge in [-0.3, -0.25) is 0 Å². The number of aromatic nitrogens is 4. The van der Waals surface area contributed by atoms with Crippen LogP contribution in [0.25, 0.3) is 11.1 Å². The first kappa shape index (κ1) is 17.1. The maximum Gasteiger partial charge on any atom is 0.257 e. The van der Waals surface area contributed by atoms with E-state index in [9.17, 15) is 0 Å². The lowest BCUT2D eigenvalue weighted by molar-refractivity contribution is 0.415. The molecule has 0 aliphatic heterocycles. The molecule has 0 unspecified atom stereocenters. The third kappa shape index (κ3) is 4.09. The summed E-state index contributed by atoms with van der Waals surface area (Å²) in [4.78, 5) is 17.1. The number of para-hydroxylation sites is 2. The van der Waals surface area contributed by atoms with Crippen molar-refractivity contribution in [3.8, 4) is 5.75 Å². The minimum absolute atomic E-state index is 0.142. The summed E-state index contributed by atoms with van der Waals surface area (Å²) in [6.45, 7) is 0. The second kappa shape index (κ2) is 7.50. The van der Waals surface area contributed by atoms with Crippen molar-refractivity contribution < 1.29 is 9.15 Å². The van der Waals surface area contributed by atoms with Crippen LogP contribution in [0.15, 0.2) is 58.2 Å². The van der Waals surface area contributed by atoms with Crippen molar-refractivity contribution in [1.29, 1.82) is 0 Å². The van der Waals surface area contributed by atoms with E-state index in [0.29, 0.717) is 22.7 Å². The number of nitrogen functional groups attached to an aromatic ring is 1. The number of methoxy groups -OCH3 is 1. The van der Waals surface area contributed by atoms with Crippen molar-refractivity contribution in [3.05, 3.63) is 54.4 Å². The van der Waals surface area contributed by atoms with Crippen LogP contribution < -0.4 is 15.8 Å². The molecule has 9 heteroatoms. The van der Waals surface area contributed by atoms with Crippen molar-refractivity contribution in [2.45, 2.75) is 11.0 Å². The highest BCUT2D eigenvalue weighted by Gasteiger charge is 2.10. The highest BCUT2D eigenvalue weighted by Crippen LogP contribution is 2.26. The normalized spacial score (nSPS) is 10.9. The number of benzene rings is 2. The van der Waals surface area contributed by atoms with Crippen molar-refractivity contribution in [2.75, 3.05) is 18.2 Å². The number of fused-ring (bicyclic) bond motifs is 1. The van der Waals surface area contributed by atoms with E-state index in [4.69, 9.17) is 14.9 Å². The fourth-order valence-corrected chi connectivity index (χ4v) is 3.12. The Morgan fingerprint density at radius 2 is 1.96 bits per heavy atom. The van der Waals surface area contributed by atoms with E-state index in [1.807, 2.05) is 48.5 Å². The Balaban J connectivity index is 1.49. The first-order chi connectivity index (χ1) is 13.2. The Bertz CT molecular complexity index is 1050. The van der Waals surface area contributed by atoms with Gasteiger partial charge in [0.2, 0.25) is 11.9 Å². The van der Waals surface area contributed by atoms with Crippen molar-refractivity contribution >= 4 is 40.4 Å². The molecule has 27 heavy (non-hydrogen) atoms. The number of hydrogen-bond acceptors (Lipinski definition) is 9. The van der Waals surface area contributed by atoms with E-state index in [-0.39, 0.29) is 5.95 Å². The molecule has 4 rings (SSSR count). The van der Waals surface area contributed by atoms with Crippen LogP contribution in [0.3, 0.4) is 0 Å². The number of thioether (sulfide) groups is 1. The minimum Gasteiger partial charge on any atom is -0.497 e. The van der Waals surface area contributed by atoms with E-state index in [1.165, 1.54) is 11.8 Å². The zero-order chi connectivity index (χ0) is 18.6. The molecule has 8 nitrogen and oxygen atoms in total. The summed E-state index contributed by atoms with van der Waals surface area (Å²) >= 11 is 1.40. The van der Waals surface area contributed by atoms with Gasteiger partial charge in [-0.25, -0.2) is 4.98 Å². The maximum atomic E-state index is 5.82. The molecule has 0 bridgehead atoms. The van der Waals surface area contributed by atoms with Crippen LogP contribution in [0.5, 0.6) is 5.75 Å². The van der Waals surface area contributed by atoms with Gasteiger partial charge in [0.05, 0.1) is 12.9 Å². The molecule has 0 radical (unpaired) electrons. The second-order valence-electron chi connectivity index (χ2n) is 5.53. The lowest BCUT2D eigenvalue weighted by Gasteiger charge is -2.08. The zero-order valence-electron chi connectivity index (χ0n) is 14.4. The number of hydrogen-bond donors (Lipinski definition) is 2. The van der Waals surface area contributed by atoms with E-state index in [2.05, 4.69) is 25.3 Å². The van der Waals surface area contributed by atoms with E-state index in [1.54, 1.807) is 7.11 Å². The van der Waals surface area contributed by atoms with Gasteiger partial charge in [-0.2, -0.15) is 15.0 Å². The molecule has 0 atom stereocenters. The molecule has 0 amide bonds. The number of anilines is 3. The van der Waals surface area contributed by atoms with Crippen LogP contribution in [0.2, 0.25) is 0 Å². The molecule has 0 aliphatic carbocycles. The van der Waals surface area contributed by atoms with E-state index < -0.39 is 0 Å². The summed E-state index contributed by atoms with van der Waals surface area (Å²) < 4.78 is 10.9. The highest BCUT2D eigenvalue weighted by molar-refractivity contribution is 7.98. The van der Waals surface area contributed by atoms with Crippen LogP contribution in [0, 0.1) is 0 Å². The van der Waals surface area contributed by atoms with Gasteiger partial charge in [0.1, 0.15) is 17.1 Å². The topological polar surface area (TPSA) is 112 Å². The standard InChI is InChI=1S/C18H16N6O2S/c1-25-12-6-4-5-11(9-12)20-17-23-15(22-16(19)24-17)10-27-18-21-13-7-2-3-8-14(13)26-18/h2-9H,10H2,1H3,(H3,19,20,22,23,24). The number of rotatable bonds is 6. The largest absolute Gasteiger partial charge is 0.497 e. The molecule has 4 aromatic rings. The molecule has 0 fully saturated rings. The summed E-state index contributed by atoms with van der Waals surface area (Å²) in [5.41, 5.74) is 8.17. The Hall–Kier alpha value is -3.33. The van der Waals surface area contributed by atoms with Crippen molar-refractivity contribution in [2.24, 2.45) is 0 Å². The monoisotopic (exact) mass is 380 g/mol. The molecular formula is C18H16N6O2S. The van der Waals surface area contributed by atoms with Gasteiger partial charge in [0.15, 0.2) is 5.58 Å². The van der Waals surface area contributed by atoms with Crippen molar-refractivity contribution in [1.82, 2.24) is 19.9 Å². The third-order valence-electron chi connectivity index (χ3n) is 3.62. The number of nitrogens with two attached hydrogens (primary N) is 1. The van der Waals surface area contributed by atoms with Crippen LogP contribution in [0.4, 0.5) is 17.6 Å². The molecule has 0 saturated carbocycles. The number of nitrogens with one attached hydrogen (secondary N) is 1. The van der Waals surface area contributed by atoms with Gasteiger partial charge in [-0.15, -0.1) is 0 Å². The number of oxazole rings is 1. The Morgan fingerprint density at radius 1 is 1.07 bits per heavy atom. The third-order valence-corrected chi connectivity index (χ3v) is 4.45. The molecule has 136 valence electrons. The Kier molecular flexibility index (Phi) is 4.75. The van der Waals surface area contributed by atoms with Crippen LogP contribution in [-0.4, -0.2) is 27.0 Å². The van der Waals surface area contributed by atoms with Gasteiger partial charge in [0.25, 0.3) is 5.22 Å². The fourth-order valence-electron chi connectivity index (χ4n) is 2.43. The van der Waals surface area contributed by atoms with Gasteiger partial charge < -0.3 is 20.2 Å². The van der Waals surface area contributed by atoms with E-state index >= 15 is 0 Å². The fraction of sp³-hybridized carbons (Fsp3) is 0.111.